The standard InChI is InChI=1S/C21H26N2O3S/c1-16-7-11-19(12-8-16)27(25,26)22-20-15-18(10-9-17(20)2)21(24)23-13-5-3-4-6-14-23/h7-12,15,22H,3-6,13-14H2,1-2H3. The van der Waals surface area contributed by atoms with E-state index >= 15 is 0 Å². The van der Waals surface area contributed by atoms with Gasteiger partial charge in [0.1, 0.15) is 0 Å². The number of nitrogens with one attached hydrogen (secondary N) is 1. The number of sulfonamides is 1. The highest BCUT2D eigenvalue weighted by atomic mass is 32.2. The largest absolute Gasteiger partial charge is 0.339 e. The molecule has 1 aliphatic heterocycles. The lowest BCUT2D eigenvalue weighted by atomic mass is 10.1. The molecule has 0 bridgehead atoms. The zero-order chi connectivity index (χ0) is 19.4. The Balaban J connectivity index is 1.84. The summed E-state index contributed by atoms with van der Waals surface area (Å²) >= 11 is 0. The Morgan fingerprint density at radius 1 is 0.926 bits per heavy atom. The van der Waals surface area contributed by atoms with Crippen LogP contribution in [-0.4, -0.2) is 32.3 Å². The number of aryl methyl sites for hydroxylation is 2. The molecule has 27 heavy (non-hydrogen) atoms. The van der Waals surface area contributed by atoms with E-state index in [9.17, 15) is 13.2 Å². The van der Waals surface area contributed by atoms with Crippen LogP contribution in [-0.2, 0) is 10.0 Å². The van der Waals surface area contributed by atoms with Crippen LogP contribution in [0.15, 0.2) is 47.4 Å². The summed E-state index contributed by atoms with van der Waals surface area (Å²) in [5.74, 6) is -0.0346. The predicted octanol–water partition coefficient (Wildman–Crippen LogP) is 4.12. The van der Waals surface area contributed by atoms with E-state index in [1.54, 1.807) is 42.5 Å². The molecule has 1 amide bonds. The van der Waals surface area contributed by atoms with Gasteiger partial charge < -0.3 is 4.90 Å². The zero-order valence-electron chi connectivity index (χ0n) is 15.9. The summed E-state index contributed by atoms with van der Waals surface area (Å²) in [5, 5.41) is 0. The number of amides is 1. The van der Waals surface area contributed by atoms with Crippen molar-refractivity contribution in [2.24, 2.45) is 0 Å². The SMILES string of the molecule is Cc1ccc(S(=O)(=O)Nc2cc(C(=O)N3CCCCCC3)ccc2C)cc1. The van der Waals surface area contributed by atoms with Gasteiger partial charge in [0.25, 0.3) is 15.9 Å². The number of carbonyl (C=O) groups excluding carboxylic acids is 1. The van der Waals surface area contributed by atoms with Gasteiger partial charge in [0.05, 0.1) is 10.6 Å². The molecule has 0 radical (unpaired) electrons. The number of likely N-dealkylation sites (tertiary alicyclic amines) is 1. The Kier molecular flexibility index (Phi) is 5.85. The molecule has 2 aromatic carbocycles. The summed E-state index contributed by atoms with van der Waals surface area (Å²) in [6, 6.07) is 11.9. The van der Waals surface area contributed by atoms with Crippen LogP contribution in [0.2, 0.25) is 0 Å². The Morgan fingerprint density at radius 2 is 1.56 bits per heavy atom. The van der Waals surface area contributed by atoms with Crippen LogP contribution < -0.4 is 4.72 Å². The van der Waals surface area contributed by atoms with Crippen molar-refractivity contribution in [2.45, 2.75) is 44.4 Å². The monoisotopic (exact) mass is 386 g/mol. The first-order chi connectivity index (χ1) is 12.9. The van der Waals surface area contributed by atoms with E-state index in [1.807, 2.05) is 18.7 Å². The normalized spacial score (nSPS) is 15.3. The zero-order valence-corrected chi connectivity index (χ0v) is 16.7. The topological polar surface area (TPSA) is 66.5 Å². The molecular weight excluding hydrogens is 360 g/mol. The Morgan fingerprint density at radius 3 is 2.19 bits per heavy atom. The molecule has 1 fully saturated rings. The van der Waals surface area contributed by atoms with Crippen molar-refractivity contribution >= 4 is 21.6 Å². The maximum atomic E-state index is 12.8. The Labute approximate surface area is 161 Å². The van der Waals surface area contributed by atoms with E-state index in [1.165, 1.54) is 0 Å². The fourth-order valence-corrected chi connectivity index (χ4v) is 4.36. The van der Waals surface area contributed by atoms with Crippen LogP contribution in [0, 0.1) is 13.8 Å². The molecule has 1 N–H and O–H groups in total. The average Bonchev–Trinajstić information content (AvgIpc) is 2.92. The van der Waals surface area contributed by atoms with E-state index in [0.717, 1.165) is 49.9 Å². The number of carbonyl (C=O) groups is 1. The highest BCUT2D eigenvalue weighted by Crippen LogP contribution is 2.23. The minimum atomic E-state index is -3.70. The molecule has 1 aliphatic rings. The molecule has 5 nitrogen and oxygen atoms in total. The molecule has 144 valence electrons. The molecule has 1 saturated heterocycles. The second-order valence-electron chi connectivity index (χ2n) is 7.15. The second-order valence-corrected chi connectivity index (χ2v) is 8.84. The minimum Gasteiger partial charge on any atom is -0.339 e. The second kappa shape index (κ2) is 8.13. The van der Waals surface area contributed by atoms with Crippen LogP contribution in [0.1, 0.15) is 47.2 Å². The van der Waals surface area contributed by atoms with Gasteiger partial charge in [-0.25, -0.2) is 8.42 Å². The quantitative estimate of drug-likeness (QED) is 0.859. The van der Waals surface area contributed by atoms with Gasteiger partial charge in [-0.05, 0) is 56.5 Å². The number of hydrogen-bond acceptors (Lipinski definition) is 3. The van der Waals surface area contributed by atoms with E-state index in [2.05, 4.69) is 4.72 Å². The molecule has 0 spiro atoms. The third-order valence-electron chi connectivity index (χ3n) is 4.95. The fourth-order valence-electron chi connectivity index (χ4n) is 3.24. The van der Waals surface area contributed by atoms with Crippen LogP contribution in [0.25, 0.3) is 0 Å². The molecule has 3 rings (SSSR count). The summed E-state index contributed by atoms with van der Waals surface area (Å²) in [6.07, 6.45) is 4.34. The van der Waals surface area contributed by atoms with Crippen LogP contribution in [0.5, 0.6) is 0 Å². The lowest BCUT2D eigenvalue weighted by Gasteiger charge is -2.21. The van der Waals surface area contributed by atoms with E-state index < -0.39 is 10.0 Å². The predicted molar refractivity (Wildman–Crippen MR) is 108 cm³/mol. The van der Waals surface area contributed by atoms with Crippen molar-refractivity contribution in [3.05, 3.63) is 59.2 Å². The van der Waals surface area contributed by atoms with E-state index in [0.29, 0.717) is 11.3 Å². The smallest absolute Gasteiger partial charge is 0.261 e. The van der Waals surface area contributed by atoms with Gasteiger partial charge in [0.2, 0.25) is 0 Å². The van der Waals surface area contributed by atoms with Crippen molar-refractivity contribution < 1.29 is 13.2 Å². The molecule has 2 aromatic rings. The summed E-state index contributed by atoms with van der Waals surface area (Å²) < 4.78 is 28.0. The summed E-state index contributed by atoms with van der Waals surface area (Å²) in [5.41, 5.74) is 2.73. The highest BCUT2D eigenvalue weighted by Gasteiger charge is 2.20. The molecule has 6 heteroatoms. The van der Waals surface area contributed by atoms with Crippen molar-refractivity contribution in [1.29, 1.82) is 0 Å². The van der Waals surface area contributed by atoms with E-state index in [-0.39, 0.29) is 10.8 Å². The van der Waals surface area contributed by atoms with Gasteiger partial charge in [-0.15, -0.1) is 0 Å². The van der Waals surface area contributed by atoms with E-state index in [4.69, 9.17) is 0 Å². The number of nitrogens with zero attached hydrogens (tertiary/aromatic N) is 1. The third kappa shape index (κ3) is 4.69. The first-order valence-electron chi connectivity index (χ1n) is 9.36. The minimum absolute atomic E-state index is 0.0346. The summed E-state index contributed by atoms with van der Waals surface area (Å²) in [4.78, 5) is 14.9. The van der Waals surface area contributed by atoms with Gasteiger partial charge in [-0.1, -0.05) is 36.6 Å². The van der Waals surface area contributed by atoms with Crippen LogP contribution in [0.3, 0.4) is 0 Å². The third-order valence-corrected chi connectivity index (χ3v) is 6.33. The Bertz CT molecular complexity index is 913. The van der Waals surface area contributed by atoms with Crippen molar-refractivity contribution in [2.75, 3.05) is 17.8 Å². The first-order valence-corrected chi connectivity index (χ1v) is 10.8. The molecule has 0 atom stereocenters. The van der Waals surface area contributed by atoms with Gasteiger partial charge in [0, 0.05) is 18.7 Å². The number of anilines is 1. The van der Waals surface area contributed by atoms with Gasteiger partial charge in [0.15, 0.2) is 0 Å². The maximum Gasteiger partial charge on any atom is 0.261 e. The molecular formula is C21H26N2O3S. The van der Waals surface area contributed by atoms with Crippen molar-refractivity contribution in [3.8, 4) is 0 Å². The average molecular weight is 387 g/mol. The number of benzene rings is 2. The van der Waals surface area contributed by atoms with Crippen LogP contribution in [0.4, 0.5) is 5.69 Å². The lowest BCUT2D eigenvalue weighted by molar-refractivity contribution is 0.0761. The van der Waals surface area contributed by atoms with Crippen LogP contribution >= 0.6 is 0 Å². The Hall–Kier alpha value is -2.34. The first kappa shape index (κ1) is 19.4. The molecule has 0 unspecified atom stereocenters. The number of rotatable bonds is 4. The van der Waals surface area contributed by atoms with Gasteiger partial charge in [-0.2, -0.15) is 0 Å². The maximum absolute atomic E-state index is 12.8. The summed E-state index contributed by atoms with van der Waals surface area (Å²) in [7, 11) is -3.70. The van der Waals surface area contributed by atoms with Crippen molar-refractivity contribution in [1.82, 2.24) is 4.90 Å². The highest BCUT2D eigenvalue weighted by molar-refractivity contribution is 7.92. The van der Waals surface area contributed by atoms with Gasteiger partial charge in [-0.3, -0.25) is 9.52 Å². The molecule has 1 heterocycles. The van der Waals surface area contributed by atoms with Crippen molar-refractivity contribution in [3.63, 3.8) is 0 Å². The lowest BCUT2D eigenvalue weighted by Crippen LogP contribution is -2.31. The molecule has 0 saturated carbocycles. The van der Waals surface area contributed by atoms with Gasteiger partial charge >= 0.3 is 0 Å². The molecule has 0 aliphatic carbocycles. The summed E-state index contributed by atoms with van der Waals surface area (Å²) in [6.45, 7) is 5.26. The fraction of sp³-hybridized carbons (Fsp3) is 0.381. The molecule has 0 aromatic heterocycles. The number of hydrogen-bond donors (Lipinski definition) is 1.